The van der Waals surface area contributed by atoms with Crippen molar-refractivity contribution in [3.05, 3.63) is 35.4 Å². The summed E-state index contributed by atoms with van der Waals surface area (Å²) in [6.45, 7) is 0. The van der Waals surface area contributed by atoms with E-state index >= 15 is 0 Å². The van der Waals surface area contributed by atoms with Gasteiger partial charge in [-0.3, -0.25) is 0 Å². The maximum absolute atomic E-state index is 2.49. The molecule has 2 heteroatoms. The number of nitrogens with zero attached hydrogens (tertiary/aromatic N) is 1. The molecule has 0 saturated heterocycles. The van der Waals surface area contributed by atoms with Crippen LogP contribution in [0.5, 0.6) is 0 Å². The van der Waals surface area contributed by atoms with Gasteiger partial charge in [-0.05, 0) is 0 Å². The van der Waals surface area contributed by atoms with Crippen LogP contribution in [0, 0.1) is 0 Å². The van der Waals surface area contributed by atoms with Gasteiger partial charge in [0.15, 0.2) is 0 Å². The molecule has 1 aromatic carbocycles. The van der Waals surface area contributed by atoms with Gasteiger partial charge in [0, 0.05) is 0 Å². The Hall–Kier alpha value is -0.370. The van der Waals surface area contributed by atoms with Gasteiger partial charge in [0.1, 0.15) is 0 Å². The van der Waals surface area contributed by atoms with Crippen LogP contribution in [0.15, 0.2) is 24.3 Å². The zero-order valence-electron chi connectivity index (χ0n) is 9.91. The summed E-state index contributed by atoms with van der Waals surface area (Å²) < 4.78 is 5.81. The van der Waals surface area contributed by atoms with Crippen molar-refractivity contribution in [2.45, 2.75) is 13.0 Å². The predicted octanol–water partition coefficient (Wildman–Crippen LogP) is 3.53. The van der Waals surface area contributed by atoms with Crippen molar-refractivity contribution < 1.29 is 21.4 Å². The van der Waals surface area contributed by atoms with Gasteiger partial charge in [-0.25, -0.2) is 0 Å². The van der Waals surface area contributed by atoms with Gasteiger partial charge in [0.2, 0.25) is 0 Å². The van der Waals surface area contributed by atoms with Crippen molar-refractivity contribution in [1.29, 1.82) is 0 Å². The molecule has 2 rings (SSSR count). The Balaban J connectivity index is 2.38. The second kappa shape index (κ2) is 4.25. The fourth-order valence-electron chi connectivity index (χ4n) is 2.07. The second-order valence-corrected chi connectivity index (χ2v) is 14.6. The Labute approximate surface area is 100 Å². The molecular weight excluding hydrogens is 349 g/mol. The topological polar surface area (TPSA) is 3.24 Å². The van der Waals surface area contributed by atoms with Gasteiger partial charge >= 0.3 is 101 Å². The molecule has 1 nitrogen and oxygen atoms in total. The molecule has 0 N–H and O–H groups in total. The Kier molecular flexibility index (Phi) is 3.15. The third-order valence-electron chi connectivity index (χ3n) is 3.01. The molecule has 1 atom stereocenters. The zero-order valence-corrected chi connectivity index (χ0v) is 13.5. The van der Waals surface area contributed by atoms with E-state index in [1.165, 1.54) is 11.3 Å². The average molecular weight is 367 g/mol. The molecule has 1 unspecified atom stereocenters. The van der Waals surface area contributed by atoms with Crippen LogP contribution in [0.3, 0.4) is 0 Å². The summed E-state index contributed by atoms with van der Waals surface area (Å²) >= 11 is -1.29. The number of anilines is 1. The van der Waals surface area contributed by atoms with Crippen LogP contribution in [0.25, 0.3) is 6.08 Å². The van der Waals surface area contributed by atoms with Gasteiger partial charge in [0.05, 0.1) is 0 Å². The van der Waals surface area contributed by atoms with Crippen molar-refractivity contribution in [1.82, 2.24) is 0 Å². The number of hydrogen-bond acceptors (Lipinski definition) is 1. The van der Waals surface area contributed by atoms with Crippen molar-refractivity contribution in [2.75, 3.05) is 19.0 Å². The standard InChI is InChI=1S/C11H12N.2CH3.Hf/c1-12(2)11-7-6-9-4-3-5-10(9)8-11;;;/h3-8H,1-2H3;2*1H3;. The molecule has 0 bridgehead atoms. The van der Waals surface area contributed by atoms with Gasteiger partial charge in [-0.15, -0.1) is 0 Å². The molecule has 0 saturated carbocycles. The Morgan fingerprint density at radius 3 is 2.53 bits per heavy atom. The molecule has 0 radical (unpaired) electrons. The van der Waals surface area contributed by atoms with Crippen LogP contribution in [0.4, 0.5) is 5.69 Å². The molecule has 79 valence electrons. The number of allylic oxidation sites excluding steroid dienone is 1. The van der Waals surface area contributed by atoms with Crippen molar-refractivity contribution in [2.24, 2.45) is 0 Å². The molecule has 1 aliphatic carbocycles. The van der Waals surface area contributed by atoms with Gasteiger partial charge in [0.25, 0.3) is 0 Å². The van der Waals surface area contributed by atoms with Crippen LogP contribution in [0.2, 0.25) is 9.36 Å². The molecule has 0 aromatic heterocycles. The van der Waals surface area contributed by atoms with E-state index in [2.05, 4.69) is 58.7 Å². The van der Waals surface area contributed by atoms with Crippen LogP contribution in [0.1, 0.15) is 14.8 Å². The van der Waals surface area contributed by atoms with Crippen LogP contribution < -0.4 is 4.90 Å². The van der Waals surface area contributed by atoms with Crippen LogP contribution in [-0.2, 0) is 21.4 Å². The molecule has 0 aliphatic heterocycles. The van der Waals surface area contributed by atoms with Crippen LogP contribution in [-0.4, -0.2) is 14.1 Å². The normalized spacial score (nSPS) is 17.7. The molecule has 1 aliphatic rings. The average Bonchev–Trinajstić information content (AvgIpc) is 2.59. The van der Waals surface area contributed by atoms with Gasteiger partial charge in [-0.1, -0.05) is 0 Å². The second-order valence-electron chi connectivity index (χ2n) is 4.62. The van der Waals surface area contributed by atoms with Crippen LogP contribution >= 0.6 is 0 Å². The predicted molar refractivity (Wildman–Crippen MR) is 64.3 cm³/mol. The van der Waals surface area contributed by atoms with E-state index in [0.29, 0.717) is 0 Å². The monoisotopic (exact) mass is 368 g/mol. The van der Waals surface area contributed by atoms with E-state index in [1.54, 1.807) is 5.56 Å². The van der Waals surface area contributed by atoms with Crippen molar-refractivity contribution >= 4 is 11.8 Å². The number of rotatable bonds is 2. The summed E-state index contributed by atoms with van der Waals surface area (Å²) in [6.07, 6.45) is 4.73. The molecule has 15 heavy (non-hydrogen) atoms. The van der Waals surface area contributed by atoms with E-state index in [9.17, 15) is 0 Å². The summed E-state index contributed by atoms with van der Waals surface area (Å²) in [4.78, 5) is 2.17. The summed E-state index contributed by atoms with van der Waals surface area (Å²) in [5, 5.41) is 0. The maximum atomic E-state index is 2.49. The molecule has 0 fully saturated rings. The summed E-state index contributed by atoms with van der Waals surface area (Å²) in [5.41, 5.74) is 4.32. The van der Waals surface area contributed by atoms with Gasteiger partial charge < -0.3 is 0 Å². The van der Waals surface area contributed by atoms with E-state index < -0.39 is 21.4 Å². The Bertz CT molecular complexity index is 394. The van der Waals surface area contributed by atoms with Gasteiger partial charge in [-0.2, -0.15) is 0 Å². The number of benzene rings is 1. The first-order chi connectivity index (χ1) is 7.09. The number of hydrogen-bond donors (Lipinski definition) is 0. The fourth-order valence-corrected chi connectivity index (χ4v) is 6.98. The van der Waals surface area contributed by atoms with E-state index in [4.69, 9.17) is 0 Å². The molecule has 1 aromatic rings. The quantitative estimate of drug-likeness (QED) is 0.724. The Morgan fingerprint density at radius 2 is 1.93 bits per heavy atom. The first kappa shape index (κ1) is 11.1. The summed E-state index contributed by atoms with van der Waals surface area (Å²) in [5.74, 6) is 0. The summed E-state index contributed by atoms with van der Waals surface area (Å²) in [7, 11) is 4.19. The van der Waals surface area contributed by atoms with E-state index in [0.717, 1.165) is 3.67 Å². The fraction of sp³-hybridized carbons (Fsp3) is 0.385. The summed E-state index contributed by atoms with van der Waals surface area (Å²) in [6, 6.07) is 6.88. The Morgan fingerprint density at radius 1 is 1.20 bits per heavy atom. The SMILES string of the molecule is CN(C)c1ccc2c(c1)C=C[CH]2[Hf]([CH3])[CH3]. The minimum atomic E-state index is -1.29. The third kappa shape index (κ3) is 2.10. The van der Waals surface area contributed by atoms with E-state index in [-0.39, 0.29) is 0 Å². The van der Waals surface area contributed by atoms with E-state index in [1.807, 2.05) is 0 Å². The molecule has 0 spiro atoms. The van der Waals surface area contributed by atoms with Crippen molar-refractivity contribution in [3.8, 4) is 0 Å². The molecule has 0 heterocycles. The number of fused-ring (bicyclic) bond motifs is 1. The molecule has 0 amide bonds. The first-order valence-corrected chi connectivity index (χ1v) is 14.6. The molecular formula is C13H18HfN. The van der Waals surface area contributed by atoms with Crippen molar-refractivity contribution in [3.63, 3.8) is 0 Å². The first-order valence-electron chi connectivity index (χ1n) is 5.39. The minimum absolute atomic E-state index is 0.821. The third-order valence-corrected chi connectivity index (χ3v) is 9.29. The zero-order chi connectivity index (χ0) is 11.0.